The summed E-state index contributed by atoms with van der Waals surface area (Å²) in [6, 6.07) is 11.5. The maximum absolute atomic E-state index is 12.1. The predicted molar refractivity (Wildman–Crippen MR) is 102 cm³/mol. The quantitative estimate of drug-likeness (QED) is 0.596. The van der Waals surface area contributed by atoms with Crippen LogP contribution < -0.4 is 11.1 Å². The molecule has 2 heterocycles. The molecule has 6 heteroatoms. The van der Waals surface area contributed by atoms with E-state index in [1.807, 2.05) is 36.4 Å². The Kier molecular flexibility index (Phi) is 3.88. The van der Waals surface area contributed by atoms with Crippen molar-refractivity contribution in [2.24, 2.45) is 0 Å². The summed E-state index contributed by atoms with van der Waals surface area (Å²) >= 11 is 0. The third-order valence-corrected chi connectivity index (χ3v) is 4.48. The van der Waals surface area contributed by atoms with Crippen molar-refractivity contribution < 1.29 is 0 Å². The summed E-state index contributed by atoms with van der Waals surface area (Å²) < 4.78 is 0. The highest BCUT2D eigenvalue weighted by Gasteiger charge is 2.06. The Labute approximate surface area is 149 Å². The maximum atomic E-state index is 12.1. The van der Waals surface area contributed by atoms with Crippen LogP contribution in [-0.4, -0.2) is 19.9 Å². The summed E-state index contributed by atoms with van der Waals surface area (Å²) in [5, 5.41) is 1.20. The Hall–Kier alpha value is -3.28. The first-order chi connectivity index (χ1) is 12.5. The molecule has 2 N–H and O–H groups in total. The van der Waals surface area contributed by atoms with Crippen LogP contribution in [0.4, 0.5) is 0 Å². The van der Waals surface area contributed by atoms with Gasteiger partial charge in [-0.15, -0.1) is 0 Å². The van der Waals surface area contributed by atoms with Crippen LogP contribution in [0.2, 0.25) is 0 Å². The van der Waals surface area contributed by atoms with Gasteiger partial charge < -0.3 is 9.97 Å². The highest BCUT2D eigenvalue weighted by atomic mass is 16.1. The van der Waals surface area contributed by atoms with Crippen LogP contribution in [0.25, 0.3) is 21.8 Å². The van der Waals surface area contributed by atoms with Gasteiger partial charge in [-0.25, -0.2) is 9.97 Å². The smallest absolute Gasteiger partial charge is 0.258 e. The van der Waals surface area contributed by atoms with E-state index >= 15 is 0 Å². The molecule has 0 bridgehead atoms. The van der Waals surface area contributed by atoms with Gasteiger partial charge >= 0.3 is 0 Å². The molecule has 0 aliphatic carbocycles. The first-order valence-electron chi connectivity index (χ1n) is 8.49. The topological polar surface area (TPSA) is 91.5 Å². The maximum Gasteiger partial charge on any atom is 0.258 e. The van der Waals surface area contributed by atoms with E-state index in [4.69, 9.17) is 0 Å². The zero-order chi connectivity index (χ0) is 18.3. The molecule has 0 saturated carbocycles. The average Bonchev–Trinajstić information content (AvgIpc) is 2.60. The van der Waals surface area contributed by atoms with Crippen LogP contribution in [0.3, 0.4) is 0 Å². The Morgan fingerprint density at radius 3 is 1.58 bits per heavy atom. The second-order valence-electron chi connectivity index (χ2n) is 6.51. The van der Waals surface area contributed by atoms with E-state index in [1.165, 1.54) is 0 Å². The van der Waals surface area contributed by atoms with E-state index in [0.29, 0.717) is 33.5 Å². The van der Waals surface area contributed by atoms with Gasteiger partial charge in [-0.1, -0.05) is 12.1 Å². The Bertz CT molecular complexity index is 1160. The molecule has 0 aliphatic heterocycles. The van der Waals surface area contributed by atoms with Crippen molar-refractivity contribution in [3.63, 3.8) is 0 Å². The molecule has 0 radical (unpaired) electrons. The summed E-state index contributed by atoms with van der Waals surface area (Å²) in [7, 11) is 0. The van der Waals surface area contributed by atoms with Crippen LogP contribution in [0, 0.1) is 13.8 Å². The highest BCUT2D eigenvalue weighted by molar-refractivity contribution is 5.79. The van der Waals surface area contributed by atoms with Gasteiger partial charge in [0, 0.05) is 0 Å². The fraction of sp³-hybridized carbons (Fsp3) is 0.200. The molecular formula is C20H18N4O2. The van der Waals surface area contributed by atoms with Gasteiger partial charge in [0.05, 0.1) is 21.8 Å². The number of fused-ring (bicyclic) bond motifs is 2. The lowest BCUT2D eigenvalue weighted by atomic mass is 10.0. The van der Waals surface area contributed by atoms with E-state index in [1.54, 1.807) is 13.8 Å². The summed E-state index contributed by atoms with van der Waals surface area (Å²) in [5.74, 6) is 1.22. The van der Waals surface area contributed by atoms with E-state index in [-0.39, 0.29) is 11.1 Å². The van der Waals surface area contributed by atoms with Crippen molar-refractivity contribution in [3.05, 3.63) is 79.9 Å². The molecule has 4 aromatic rings. The minimum absolute atomic E-state index is 0.118. The molecule has 0 amide bonds. The molecular weight excluding hydrogens is 328 g/mol. The van der Waals surface area contributed by atoms with Gasteiger partial charge in [-0.3, -0.25) is 9.59 Å². The third kappa shape index (κ3) is 3.01. The fourth-order valence-corrected chi connectivity index (χ4v) is 3.21. The monoisotopic (exact) mass is 346 g/mol. The molecule has 0 spiro atoms. The molecule has 2 aromatic carbocycles. The molecule has 0 unspecified atom stereocenters. The fourth-order valence-electron chi connectivity index (χ4n) is 3.21. The van der Waals surface area contributed by atoms with Crippen molar-refractivity contribution >= 4 is 21.8 Å². The number of hydrogen-bond donors (Lipinski definition) is 2. The van der Waals surface area contributed by atoms with Gasteiger partial charge in [-0.2, -0.15) is 0 Å². The zero-order valence-corrected chi connectivity index (χ0v) is 14.6. The summed E-state index contributed by atoms with van der Waals surface area (Å²) in [6.45, 7) is 3.54. The number of nitrogens with one attached hydrogen (secondary N) is 2. The normalized spacial score (nSPS) is 11.3. The van der Waals surface area contributed by atoms with Crippen molar-refractivity contribution in [1.82, 2.24) is 19.9 Å². The highest BCUT2D eigenvalue weighted by Crippen LogP contribution is 2.15. The van der Waals surface area contributed by atoms with Crippen molar-refractivity contribution in [1.29, 1.82) is 0 Å². The number of benzene rings is 2. The Balaban J connectivity index is 1.63. The van der Waals surface area contributed by atoms with Crippen LogP contribution in [-0.2, 0) is 12.8 Å². The van der Waals surface area contributed by atoms with Gasteiger partial charge in [0.2, 0.25) is 0 Å². The van der Waals surface area contributed by atoms with Crippen molar-refractivity contribution in [2.45, 2.75) is 26.7 Å². The first-order valence-corrected chi connectivity index (χ1v) is 8.49. The number of rotatable bonds is 3. The second kappa shape index (κ2) is 6.22. The average molecular weight is 346 g/mol. The summed E-state index contributed by atoms with van der Waals surface area (Å²) in [5.41, 5.74) is 3.29. The molecule has 26 heavy (non-hydrogen) atoms. The number of aryl methyl sites for hydroxylation is 4. The summed E-state index contributed by atoms with van der Waals surface area (Å²) in [4.78, 5) is 38.4. The molecule has 0 saturated heterocycles. The number of hydrogen-bond acceptors (Lipinski definition) is 4. The van der Waals surface area contributed by atoms with E-state index < -0.39 is 0 Å². The number of aromatic amines is 2. The van der Waals surface area contributed by atoms with Gasteiger partial charge in [0.25, 0.3) is 11.1 Å². The lowest BCUT2D eigenvalue weighted by molar-refractivity contribution is 0.960. The molecule has 6 nitrogen and oxygen atoms in total. The third-order valence-electron chi connectivity index (χ3n) is 4.48. The molecule has 130 valence electrons. The van der Waals surface area contributed by atoms with Crippen LogP contribution >= 0.6 is 0 Å². The van der Waals surface area contributed by atoms with Crippen molar-refractivity contribution in [2.75, 3.05) is 0 Å². The number of H-pyrrole nitrogens is 2. The minimum atomic E-state index is -0.118. The number of nitrogens with zero attached hydrogens (tertiary/aromatic N) is 2. The Morgan fingerprint density at radius 2 is 1.15 bits per heavy atom. The standard InChI is InChI=1S/C20H18N4O2/c1-11-21-17-7-5-13(9-15(17)19(25)23-11)3-4-14-6-8-18-16(10-14)20(26)24-12(2)22-18/h5-10H,3-4H2,1-2H3,(H,21,23,25)(H,22,24,26). The molecule has 0 fully saturated rings. The molecule has 4 rings (SSSR count). The number of aromatic nitrogens is 4. The lowest BCUT2D eigenvalue weighted by Crippen LogP contribution is -2.10. The van der Waals surface area contributed by atoms with Crippen molar-refractivity contribution in [3.8, 4) is 0 Å². The SMILES string of the molecule is Cc1nc2ccc(CCc3ccc4nc(C)[nH]c(=O)c4c3)cc2c(=O)[nH]1. The van der Waals surface area contributed by atoms with Crippen LogP contribution in [0.15, 0.2) is 46.0 Å². The lowest BCUT2D eigenvalue weighted by Gasteiger charge is -2.06. The molecule has 0 atom stereocenters. The Morgan fingerprint density at radius 1 is 0.731 bits per heavy atom. The van der Waals surface area contributed by atoms with E-state index in [2.05, 4.69) is 19.9 Å². The zero-order valence-electron chi connectivity index (χ0n) is 14.6. The van der Waals surface area contributed by atoms with Crippen LogP contribution in [0.5, 0.6) is 0 Å². The molecule has 0 aliphatic rings. The van der Waals surface area contributed by atoms with Crippen LogP contribution in [0.1, 0.15) is 22.8 Å². The predicted octanol–water partition coefficient (Wildman–Crippen LogP) is 2.56. The molecule has 2 aromatic heterocycles. The largest absolute Gasteiger partial charge is 0.310 e. The summed E-state index contributed by atoms with van der Waals surface area (Å²) in [6.07, 6.45) is 1.54. The van der Waals surface area contributed by atoms with Gasteiger partial charge in [-0.05, 0) is 62.1 Å². The van der Waals surface area contributed by atoms with Gasteiger partial charge in [0.15, 0.2) is 0 Å². The van der Waals surface area contributed by atoms with Gasteiger partial charge in [0.1, 0.15) is 11.6 Å². The van der Waals surface area contributed by atoms with E-state index in [0.717, 1.165) is 24.0 Å². The minimum Gasteiger partial charge on any atom is -0.310 e. The van der Waals surface area contributed by atoms with E-state index in [9.17, 15) is 9.59 Å². The second-order valence-corrected chi connectivity index (χ2v) is 6.51. The first kappa shape index (κ1) is 16.2.